The molecule has 3 aromatic carbocycles. The fourth-order valence-electron chi connectivity index (χ4n) is 2.88. The summed E-state index contributed by atoms with van der Waals surface area (Å²) in [4.78, 5) is 25.2. The number of benzene rings is 3. The second-order valence-electron chi connectivity index (χ2n) is 6.46. The van der Waals surface area contributed by atoms with E-state index in [4.69, 9.17) is 25.8 Å². The minimum atomic E-state index is -0.576. The van der Waals surface area contributed by atoms with E-state index >= 15 is 0 Å². The van der Waals surface area contributed by atoms with Gasteiger partial charge in [-0.1, -0.05) is 54.1 Å². The zero-order chi connectivity index (χ0) is 21.6. The Labute approximate surface area is 187 Å². The summed E-state index contributed by atoms with van der Waals surface area (Å²) in [6.45, 7) is 0.323. The van der Waals surface area contributed by atoms with Crippen LogP contribution in [0, 0.1) is 0 Å². The minimum Gasteiger partial charge on any atom is -0.490 e. The number of hydrogen-bond donors (Lipinski definition) is 0. The molecule has 1 aromatic heterocycles. The van der Waals surface area contributed by atoms with E-state index in [0.717, 1.165) is 10.1 Å². The molecule has 5 nitrogen and oxygen atoms in total. The number of carbonyl (C=O) groups excluding carboxylic acids is 2. The Bertz CT molecular complexity index is 1220. The Morgan fingerprint density at radius 1 is 0.806 bits per heavy atom. The van der Waals surface area contributed by atoms with Crippen molar-refractivity contribution in [3.05, 3.63) is 94.3 Å². The fraction of sp³-hybridized carbons (Fsp3) is 0.0833. The molecule has 0 bridgehead atoms. The Kier molecular flexibility index (Phi) is 6.50. The van der Waals surface area contributed by atoms with Gasteiger partial charge in [-0.05, 0) is 36.4 Å². The second kappa shape index (κ2) is 9.64. The summed E-state index contributed by atoms with van der Waals surface area (Å²) in [5, 5.41) is 1.16. The van der Waals surface area contributed by atoms with Crippen molar-refractivity contribution in [1.29, 1.82) is 0 Å². The fourth-order valence-corrected chi connectivity index (χ4v) is 4.26. The van der Waals surface area contributed by atoms with Gasteiger partial charge < -0.3 is 14.2 Å². The third kappa shape index (κ3) is 5.05. The van der Waals surface area contributed by atoms with Crippen molar-refractivity contribution >= 4 is 45.0 Å². The van der Waals surface area contributed by atoms with Crippen LogP contribution in [0.3, 0.4) is 0 Å². The van der Waals surface area contributed by atoms with Crippen LogP contribution >= 0.6 is 22.9 Å². The molecule has 0 aliphatic carbocycles. The van der Waals surface area contributed by atoms with Crippen LogP contribution in [0.5, 0.6) is 11.5 Å². The van der Waals surface area contributed by atoms with Gasteiger partial charge in [0, 0.05) is 10.1 Å². The quantitative estimate of drug-likeness (QED) is 0.195. The van der Waals surface area contributed by atoms with Crippen molar-refractivity contribution in [3.63, 3.8) is 0 Å². The van der Waals surface area contributed by atoms with Gasteiger partial charge in [0.15, 0.2) is 0 Å². The highest BCUT2D eigenvalue weighted by molar-refractivity contribution is 7.21. The zero-order valence-electron chi connectivity index (χ0n) is 16.2. The molecule has 0 amide bonds. The molecular weight excluding hydrogens is 436 g/mol. The van der Waals surface area contributed by atoms with Crippen LogP contribution in [0.15, 0.2) is 78.9 Å². The smallest absolute Gasteiger partial charge is 0.355 e. The van der Waals surface area contributed by atoms with E-state index in [1.54, 1.807) is 18.2 Å². The molecule has 0 fully saturated rings. The molecule has 156 valence electrons. The topological polar surface area (TPSA) is 61.8 Å². The number of esters is 2. The normalized spacial score (nSPS) is 10.6. The predicted molar refractivity (Wildman–Crippen MR) is 120 cm³/mol. The summed E-state index contributed by atoms with van der Waals surface area (Å²) in [6.07, 6.45) is 0. The summed E-state index contributed by atoms with van der Waals surface area (Å²) in [5.74, 6) is -0.178. The van der Waals surface area contributed by atoms with E-state index in [1.165, 1.54) is 17.4 Å². The van der Waals surface area contributed by atoms with Crippen LogP contribution in [0.1, 0.15) is 20.0 Å². The van der Waals surface area contributed by atoms with Gasteiger partial charge >= 0.3 is 11.9 Å². The van der Waals surface area contributed by atoms with E-state index in [0.29, 0.717) is 15.6 Å². The van der Waals surface area contributed by atoms with Gasteiger partial charge in [0.1, 0.15) is 29.6 Å². The zero-order valence-corrected chi connectivity index (χ0v) is 17.8. The molecule has 31 heavy (non-hydrogen) atoms. The first-order valence-electron chi connectivity index (χ1n) is 9.46. The Balaban J connectivity index is 1.36. The van der Waals surface area contributed by atoms with Gasteiger partial charge in [0.2, 0.25) is 0 Å². The number of para-hydroxylation sites is 1. The monoisotopic (exact) mass is 452 g/mol. The van der Waals surface area contributed by atoms with Crippen LogP contribution in [-0.4, -0.2) is 25.2 Å². The first-order chi connectivity index (χ1) is 15.1. The van der Waals surface area contributed by atoms with Gasteiger partial charge in [0.05, 0.1) is 10.6 Å². The molecule has 4 rings (SSSR count). The largest absolute Gasteiger partial charge is 0.490 e. The molecule has 0 radical (unpaired) electrons. The van der Waals surface area contributed by atoms with Gasteiger partial charge in [-0.3, -0.25) is 0 Å². The number of rotatable bonds is 7. The minimum absolute atomic E-state index is 0.0924. The van der Waals surface area contributed by atoms with Crippen LogP contribution in [-0.2, 0) is 4.74 Å². The maximum atomic E-state index is 12.6. The lowest BCUT2D eigenvalue weighted by molar-refractivity contribution is 0.0449. The Hall–Kier alpha value is -3.35. The summed E-state index contributed by atoms with van der Waals surface area (Å²) in [5.41, 5.74) is 0.271. The first kappa shape index (κ1) is 20.9. The van der Waals surface area contributed by atoms with Crippen LogP contribution in [0.25, 0.3) is 10.1 Å². The summed E-state index contributed by atoms with van der Waals surface area (Å²) >= 11 is 7.60. The average molecular weight is 453 g/mol. The van der Waals surface area contributed by atoms with Crippen molar-refractivity contribution in [2.75, 3.05) is 13.2 Å². The molecule has 0 aliphatic rings. The lowest BCUT2D eigenvalue weighted by Crippen LogP contribution is -2.13. The highest BCUT2D eigenvalue weighted by Crippen LogP contribution is 2.35. The van der Waals surface area contributed by atoms with Crippen molar-refractivity contribution in [3.8, 4) is 11.5 Å². The lowest BCUT2D eigenvalue weighted by Gasteiger charge is -2.08. The molecule has 0 saturated carbocycles. The third-order valence-corrected chi connectivity index (χ3v) is 5.98. The highest BCUT2D eigenvalue weighted by atomic mass is 35.5. The highest BCUT2D eigenvalue weighted by Gasteiger charge is 2.19. The van der Waals surface area contributed by atoms with E-state index < -0.39 is 11.9 Å². The Morgan fingerprint density at radius 3 is 2.35 bits per heavy atom. The SMILES string of the molecule is O=C(OCCOc1ccccc1)c1cccc(OC(=O)c2sc3ccccc3c2Cl)c1. The number of halogens is 1. The maximum Gasteiger partial charge on any atom is 0.355 e. The van der Waals surface area contributed by atoms with Crippen LogP contribution in [0.4, 0.5) is 0 Å². The average Bonchev–Trinajstić information content (AvgIpc) is 3.14. The molecule has 4 aromatic rings. The number of carbonyl (C=O) groups is 2. The number of hydrogen-bond acceptors (Lipinski definition) is 6. The number of thiophene rings is 1. The van der Waals surface area contributed by atoms with E-state index in [-0.39, 0.29) is 24.5 Å². The second-order valence-corrected chi connectivity index (χ2v) is 7.89. The van der Waals surface area contributed by atoms with Crippen molar-refractivity contribution in [1.82, 2.24) is 0 Å². The number of ether oxygens (including phenoxy) is 3. The van der Waals surface area contributed by atoms with E-state index in [9.17, 15) is 9.59 Å². The maximum absolute atomic E-state index is 12.6. The van der Waals surface area contributed by atoms with Crippen molar-refractivity contribution in [2.45, 2.75) is 0 Å². The van der Waals surface area contributed by atoms with Gasteiger partial charge in [-0.15, -0.1) is 11.3 Å². The predicted octanol–water partition coefficient (Wildman–Crippen LogP) is 6.01. The van der Waals surface area contributed by atoms with E-state index in [2.05, 4.69) is 0 Å². The molecular formula is C24H17ClO5S. The summed E-state index contributed by atoms with van der Waals surface area (Å²) in [6, 6.07) is 23.0. The molecule has 0 atom stereocenters. The molecule has 0 N–H and O–H groups in total. The first-order valence-corrected chi connectivity index (χ1v) is 10.7. The Morgan fingerprint density at radius 2 is 1.55 bits per heavy atom. The summed E-state index contributed by atoms with van der Waals surface area (Å²) < 4.78 is 17.1. The molecule has 0 aliphatic heterocycles. The van der Waals surface area contributed by atoms with Gasteiger partial charge in [0.25, 0.3) is 0 Å². The van der Waals surface area contributed by atoms with Gasteiger partial charge in [-0.25, -0.2) is 9.59 Å². The van der Waals surface area contributed by atoms with Crippen molar-refractivity contribution < 1.29 is 23.8 Å². The van der Waals surface area contributed by atoms with Crippen LogP contribution in [0.2, 0.25) is 5.02 Å². The van der Waals surface area contributed by atoms with Crippen LogP contribution < -0.4 is 9.47 Å². The summed E-state index contributed by atoms with van der Waals surface area (Å²) in [7, 11) is 0. The number of fused-ring (bicyclic) bond motifs is 1. The third-order valence-electron chi connectivity index (χ3n) is 4.33. The molecule has 7 heteroatoms. The lowest BCUT2D eigenvalue weighted by atomic mass is 10.2. The molecule has 0 saturated heterocycles. The van der Waals surface area contributed by atoms with E-state index in [1.807, 2.05) is 54.6 Å². The molecule has 0 unspecified atom stereocenters. The van der Waals surface area contributed by atoms with Crippen molar-refractivity contribution in [2.24, 2.45) is 0 Å². The van der Waals surface area contributed by atoms with Gasteiger partial charge in [-0.2, -0.15) is 0 Å². The molecule has 1 heterocycles. The molecule has 0 spiro atoms. The standard InChI is InChI=1S/C24H17ClO5S/c25-21-19-11-4-5-12-20(19)31-22(21)24(27)30-18-10-6-7-16(15-18)23(26)29-14-13-28-17-8-2-1-3-9-17/h1-12,15H,13-14H2.